The van der Waals surface area contributed by atoms with Crippen molar-refractivity contribution >= 4 is 17.2 Å². The number of nitrogens with zero attached hydrogens (tertiary/aromatic N) is 2. The molecule has 0 aliphatic heterocycles. The van der Waals surface area contributed by atoms with Gasteiger partial charge in [0, 0.05) is 29.2 Å². The van der Waals surface area contributed by atoms with Crippen molar-refractivity contribution in [3.63, 3.8) is 0 Å². The molecule has 0 atom stereocenters. The second-order valence-corrected chi connectivity index (χ2v) is 7.38. The highest BCUT2D eigenvalue weighted by molar-refractivity contribution is 6.05. The lowest BCUT2D eigenvalue weighted by molar-refractivity contribution is 0.102. The molecule has 0 aliphatic carbocycles. The van der Waals surface area contributed by atoms with Crippen molar-refractivity contribution in [1.29, 1.82) is 0 Å². The van der Waals surface area contributed by atoms with E-state index in [0.717, 1.165) is 33.7 Å². The predicted octanol–water partition coefficient (Wildman–Crippen LogP) is 5.49. The molecule has 1 amide bonds. The number of hydrogen-bond acceptors (Lipinski definition) is 2. The lowest BCUT2D eigenvalue weighted by Gasteiger charge is -2.11. The molecule has 0 aliphatic rings. The number of anilines is 1. The average Bonchev–Trinajstić information content (AvgIpc) is 3.08. The number of aryl methyl sites for hydroxylation is 4. The van der Waals surface area contributed by atoms with Crippen molar-refractivity contribution in [3.8, 4) is 11.3 Å². The summed E-state index contributed by atoms with van der Waals surface area (Å²) in [6.45, 7) is 8.11. The maximum Gasteiger partial charge on any atom is 0.255 e. The SMILES string of the molecule is Cc1ccn2cc(-c3ccc(C)c(NC(=O)c4ccc(C)c(C)c4)c3)nc2c1. The molecular weight excluding hydrogens is 346 g/mol. The highest BCUT2D eigenvalue weighted by Gasteiger charge is 2.11. The maximum absolute atomic E-state index is 12.7. The normalized spacial score (nSPS) is 11.0. The summed E-state index contributed by atoms with van der Waals surface area (Å²) in [5, 5.41) is 3.05. The molecule has 28 heavy (non-hydrogen) atoms. The smallest absolute Gasteiger partial charge is 0.255 e. The van der Waals surface area contributed by atoms with Crippen LogP contribution in [-0.4, -0.2) is 15.3 Å². The molecule has 0 spiro atoms. The van der Waals surface area contributed by atoms with Crippen LogP contribution in [0.4, 0.5) is 5.69 Å². The number of carbonyl (C=O) groups is 1. The van der Waals surface area contributed by atoms with Crippen LogP contribution in [0.3, 0.4) is 0 Å². The van der Waals surface area contributed by atoms with Crippen molar-refractivity contribution in [3.05, 3.63) is 88.7 Å². The lowest BCUT2D eigenvalue weighted by atomic mass is 10.0. The van der Waals surface area contributed by atoms with Crippen LogP contribution in [0.1, 0.15) is 32.6 Å². The van der Waals surface area contributed by atoms with E-state index in [1.807, 2.05) is 74.0 Å². The van der Waals surface area contributed by atoms with Crippen LogP contribution >= 0.6 is 0 Å². The first-order valence-corrected chi connectivity index (χ1v) is 9.36. The number of fused-ring (bicyclic) bond motifs is 1. The first kappa shape index (κ1) is 18.0. The molecule has 2 aromatic heterocycles. The van der Waals surface area contributed by atoms with Gasteiger partial charge in [-0.1, -0.05) is 18.2 Å². The second kappa shape index (κ2) is 6.97. The Kier molecular flexibility index (Phi) is 4.47. The Hall–Kier alpha value is -3.40. The van der Waals surface area contributed by atoms with Gasteiger partial charge in [-0.25, -0.2) is 4.98 Å². The van der Waals surface area contributed by atoms with E-state index in [9.17, 15) is 4.79 Å². The summed E-state index contributed by atoms with van der Waals surface area (Å²) in [4.78, 5) is 17.4. The Bertz CT molecular complexity index is 1200. The number of amides is 1. The summed E-state index contributed by atoms with van der Waals surface area (Å²) in [5.41, 5.74) is 8.71. The summed E-state index contributed by atoms with van der Waals surface area (Å²) < 4.78 is 2.01. The number of benzene rings is 2. The molecule has 0 saturated heterocycles. The van der Waals surface area contributed by atoms with Crippen molar-refractivity contribution in [2.75, 3.05) is 5.32 Å². The number of nitrogens with one attached hydrogen (secondary N) is 1. The van der Waals surface area contributed by atoms with E-state index >= 15 is 0 Å². The monoisotopic (exact) mass is 369 g/mol. The maximum atomic E-state index is 12.7. The Balaban J connectivity index is 1.66. The van der Waals surface area contributed by atoms with E-state index in [2.05, 4.69) is 24.4 Å². The molecular formula is C24H23N3O. The standard InChI is InChI=1S/C24H23N3O/c1-15-9-10-27-14-22(25-23(27)11-15)19-7-6-17(3)21(13-19)26-24(28)20-8-5-16(2)18(4)12-20/h5-14H,1-4H3,(H,26,28). The number of hydrogen-bond donors (Lipinski definition) is 1. The number of pyridine rings is 1. The Morgan fingerprint density at radius 1 is 0.893 bits per heavy atom. The first-order chi connectivity index (χ1) is 13.4. The zero-order valence-electron chi connectivity index (χ0n) is 16.6. The van der Waals surface area contributed by atoms with E-state index in [0.29, 0.717) is 5.56 Å². The zero-order valence-corrected chi connectivity index (χ0v) is 16.6. The number of carbonyl (C=O) groups excluding carboxylic acids is 1. The predicted molar refractivity (Wildman–Crippen MR) is 114 cm³/mol. The first-order valence-electron chi connectivity index (χ1n) is 9.36. The van der Waals surface area contributed by atoms with Gasteiger partial charge >= 0.3 is 0 Å². The van der Waals surface area contributed by atoms with Crippen molar-refractivity contribution in [2.45, 2.75) is 27.7 Å². The van der Waals surface area contributed by atoms with Crippen LogP contribution in [0.2, 0.25) is 0 Å². The third-order valence-corrected chi connectivity index (χ3v) is 5.17. The molecule has 0 radical (unpaired) electrons. The van der Waals surface area contributed by atoms with Crippen molar-refractivity contribution in [2.24, 2.45) is 0 Å². The topological polar surface area (TPSA) is 46.4 Å². The van der Waals surface area contributed by atoms with Gasteiger partial charge in [-0.15, -0.1) is 0 Å². The van der Waals surface area contributed by atoms with Crippen molar-refractivity contribution < 1.29 is 4.79 Å². The Labute approximate surface area is 164 Å². The molecule has 0 bridgehead atoms. The van der Waals surface area contributed by atoms with Gasteiger partial charge < -0.3 is 9.72 Å². The fourth-order valence-electron chi connectivity index (χ4n) is 3.22. The third-order valence-electron chi connectivity index (χ3n) is 5.17. The molecule has 4 aromatic rings. The molecule has 4 heteroatoms. The van der Waals surface area contributed by atoms with Crippen LogP contribution in [-0.2, 0) is 0 Å². The molecule has 2 aromatic carbocycles. The van der Waals surface area contributed by atoms with E-state index in [-0.39, 0.29) is 5.91 Å². The van der Waals surface area contributed by atoms with Gasteiger partial charge in [-0.05, 0) is 80.3 Å². The van der Waals surface area contributed by atoms with Crippen LogP contribution in [0, 0.1) is 27.7 Å². The van der Waals surface area contributed by atoms with Gasteiger partial charge in [-0.2, -0.15) is 0 Å². The minimum absolute atomic E-state index is 0.103. The van der Waals surface area contributed by atoms with Gasteiger partial charge in [0.1, 0.15) is 5.65 Å². The number of rotatable bonds is 3. The highest BCUT2D eigenvalue weighted by atomic mass is 16.1. The summed E-state index contributed by atoms with van der Waals surface area (Å²) in [7, 11) is 0. The minimum Gasteiger partial charge on any atom is -0.322 e. The largest absolute Gasteiger partial charge is 0.322 e. The lowest BCUT2D eigenvalue weighted by Crippen LogP contribution is -2.13. The summed E-state index contributed by atoms with van der Waals surface area (Å²) in [6.07, 6.45) is 4.02. The molecule has 0 fully saturated rings. The number of aromatic nitrogens is 2. The third kappa shape index (κ3) is 3.41. The highest BCUT2D eigenvalue weighted by Crippen LogP contribution is 2.26. The fraction of sp³-hybridized carbons (Fsp3) is 0.167. The van der Waals surface area contributed by atoms with Gasteiger partial charge in [0.2, 0.25) is 0 Å². The summed E-state index contributed by atoms with van der Waals surface area (Å²) in [6, 6.07) is 15.9. The summed E-state index contributed by atoms with van der Waals surface area (Å²) in [5.74, 6) is -0.103. The minimum atomic E-state index is -0.103. The van der Waals surface area contributed by atoms with Gasteiger partial charge in [0.15, 0.2) is 0 Å². The molecule has 4 rings (SSSR count). The molecule has 140 valence electrons. The molecule has 4 nitrogen and oxygen atoms in total. The molecule has 0 unspecified atom stereocenters. The van der Waals surface area contributed by atoms with Crippen LogP contribution in [0.15, 0.2) is 60.9 Å². The quantitative estimate of drug-likeness (QED) is 0.519. The van der Waals surface area contributed by atoms with Gasteiger partial charge in [0.05, 0.1) is 5.69 Å². The van der Waals surface area contributed by atoms with Gasteiger partial charge in [-0.3, -0.25) is 4.79 Å². The zero-order chi connectivity index (χ0) is 19.8. The van der Waals surface area contributed by atoms with Gasteiger partial charge in [0.25, 0.3) is 5.91 Å². The number of imidazole rings is 1. The van der Waals surface area contributed by atoms with E-state index < -0.39 is 0 Å². The summed E-state index contributed by atoms with van der Waals surface area (Å²) >= 11 is 0. The van der Waals surface area contributed by atoms with Crippen molar-refractivity contribution in [1.82, 2.24) is 9.38 Å². The molecule has 1 N–H and O–H groups in total. The molecule has 2 heterocycles. The second-order valence-electron chi connectivity index (χ2n) is 7.38. The average molecular weight is 369 g/mol. The van der Waals surface area contributed by atoms with Crippen LogP contribution in [0.5, 0.6) is 0 Å². The Morgan fingerprint density at radius 3 is 2.46 bits per heavy atom. The van der Waals surface area contributed by atoms with E-state index in [1.165, 1.54) is 11.1 Å². The fourth-order valence-corrected chi connectivity index (χ4v) is 3.22. The van der Waals surface area contributed by atoms with E-state index in [1.54, 1.807) is 0 Å². The Morgan fingerprint density at radius 2 is 1.68 bits per heavy atom. The molecule has 0 saturated carbocycles. The van der Waals surface area contributed by atoms with E-state index in [4.69, 9.17) is 4.98 Å². The van der Waals surface area contributed by atoms with Crippen LogP contribution < -0.4 is 5.32 Å². The van der Waals surface area contributed by atoms with Crippen LogP contribution in [0.25, 0.3) is 16.9 Å².